The predicted molar refractivity (Wildman–Crippen MR) is 161 cm³/mol. The molecule has 0 radical (unpaired) electrons. The molecule has 0 saturated heterocycles. The van der Waals surface area contributed by atoms with E-state index in [1.165, 1.54) is 24.5 Å². The third kappa shape index (κ3) is 6.99. The summed E-state index contributed by atoms with van der Waals surface area (Å²) in [7, 11) is 1.47. The molecule has 5 rings (SSSR count). The summed E-state index contributed by atoms with van der Waals surface area (Å²) in [4.78, 5) is 21.8. The molecule has 10 heteroatoms. The lowest BCUT2D eigenvalue weighted by Gasteiger charge is -2.47. The van der Waals surface area contributed by atoms with Crippen molar-refractivity contribution in [1.29, 1.82) is 0 Å². The number of carbonyl (C=O) groups excluding carboxylic acids is 1. The molecule has 1 amide bonds. The number of ether oxygens (including phenoxy) is 2. The van der Waals surface area contributed by atoms with Gasteiger partial charge in [0.2, 0.25) is 11.8 Å². The van der Waals surface area contributed by atoms with Crippen LogP contribution in [0.3, 0.4) is 0 Å². The van der Waals surface area contributed by atoms with Crippen LogP contribution in [-0.2, 0) is 22.4 Å². The fourth-order valence-corrected chi connectivity index (χ4v) is 6.45. The fraction of sp³-hybridized carbons (Fsp3) is 0.531. The minimum atomic E-state index is -0.929. The highest BCUT2D eigenvalue weighted by Crippen LogP contribution is 2.48. The van der Waals surface area contributed by atoms with Gasteiger partial charge in [0.05, 0.1) is 12.1 Å². The summed E-state index contributed by atoms with van der Waals surface area (Å²) in [6.07, 6.45) is 7.07. The van der Waals surface area contributed by atoms with Crippen LogP contribution in [-0.4, -0.2) is 58.5 Å². The van der Waals surface area contributed by atoms with Crippen LogP contribution in [0.4, 0.5) is 4.39 Å². The van der Waals surface area contributed by atoms with E-state index in [0.717, 1.165) is 48.8 Å². The Bertz CT molecular complexity index is 1360. The van der Waals surface area contributed by atoms with E-state index in [2.05, 4.69) is 35.5 Å². The summed E-state index contributed by atoms with van der Waals surface area (Å²) < 4.78 is 26.3. The highest BCUT2D eigenvalue weighted by Gasteiger charge is 2.46. The molecule has 1 saturated carbocycles. The Morgan fingerprint density at radius 1 is 1.21 bits per heavy atom. The summed E-state index contributed by atoms with van der Waals surface area (Å²) in [5.41, 5.74) is 3.14. The lowest BCUT2D eigenvalue weighted by Crippen LogP contribution is -2.53. The van der Waals surface area contributed by atoms with E-state index in [9.17, 15) is 14.3 Å². The topological polar surface area (TPSA) is 106 Å². The molecule has 0 unspecified atom stereocenters. The first-order chi connectivity index (χ1) is 20.2. The molecule has 2 aliphatic rings. The van der Waals surface area contributed by atoms with Crippen LogP contribution >= 0.6 is 11.3 Å². The van der Waals surface area contributed by atoms with Gasteiger partial charge in [0.1, 0.15) is 22.5 Å². The van der Waals surface area contributed by atoms with Crippen LogP contribution in [0.15, 0.2) is 42.0 Å². The number of rotatable bonds is 12. The fourth-order valence-electron chi connectivity index (χ4n) is 5.79. The molecule has 8 nitrogen and oxygen atoms in total. The van der Waals surface area contributed by atoms with E-state index in [-0.39, 0.29) is 29.9 Å². The normalized spacial score (nSPS) is 19.5. The van der Waals surface area contributed by atoms with E-state index in [4.69, 9.17) is 14.5 Å². The van der Waals surface area contributed by atoms with Crippen LogP contribution in [0.1, 0.15) is 69.2 Å². The van der Waals surface area contributed by atoms with E-state index in [1.807, 2.05) is 6.20 Å². The van der Waals surface area contributed by atoms with Crippen molar-refractivity contribution in [2.75, 3.05) is 13.7 Å². The van der Waals surface area contributed by atoms with Gasteiger partial charge in [-0.2, -0.15) is 0 Å². The maximum atomic E-state index is 14.6. The van der Waals surface area contributed by atoms with Crippen molar-refractivity contribution in [1.82, 2.24) is 20.6 Å². The number of benzene rings is 1. The van der Waals surface area contributed by atoms with Gasteiger partial charge in [-0.3, -0.25) is 4.79 Å². The minimum absolute atomic E-state index is 0.0418. The summed E-state index contributed by atoms with van der Waals surface area (Å²) in [5, 5.41) is 20.4. The molecule has 3 aromatic rings. The molecule has 0 bridgehead atoms. The Morgan fingerprint density at radius 2 is 2.02 bits per heavy atom. The summed E-state index contributed by atoms with van der Waals surface area (Å²) in [6, 6.07) is 6.33. The van der Waals surface area contributed by atoms with Crippen molar-refractivity contribution in [2.45, 2.75) is 89.2 Å². The second-order valence-corrected chi connectivity index (χ2v) is 13.0. The molecule has 1 fully saturated rings. The molecule has 4 atom stereocenters. The van der Waals surface area contributed by atoms with E-state index < -0.39 is 18.2 Å². The molecule has 2 aromatic heterocycles. The maximum absolute atomic E-state index is 14.6. The number of halogens is 1. The number of hydrogen-bond donors (Lipinski definition) is 3. The Labute approximate surface area is 251 Å². The number of pyridine rings is 1. The van der Waals surface area contributed by atoms with Crippen LogP contribution in [0.5, 0.6) is 5.88 Å². The highest BCUT2D eigenvalue weighted by molar-refractivity contribution is 7.13. The van der Waals surface area contributed by atoms with Crippen LogP contribution in [0.25, 0.3) is 10.6 Å². The number of nitrogens with zero attached hydrogens (tertiary/aromatic N) is 2. The number of hydrogen-bond acceptors (Lipinski definition) is 8. The number of amides is 1. The lowest BCUT2D eigenvalue weighted by atomic mass is 9.73. The van der Waals surface area contributed by atoms with Crippen molar-refractivity contribution in [3.63, 3.8) is 0 Å². The Hall–Kier alpha value is -2.92. The average Bonchev–Trinajstić information content (AvgIpc) is 3.49. The number of carbonyl (C=O) groups is 1. The molecule has 3 N–H and O–H groups in total. The van der Waals surface area contributed by atoms with Crippen molar-refractivity contribution in [3.8, 4) is 16.5 Å². The van der Waals surface area contributed by atoms with Gasteiger partial charge in [0.15, 0.2) is 0 Å². The molecule has 1 spiro atoms. The van der Waals surface area contributed by atoms with Gasteiger partial charge in [-0.1, -0.05) is 19.9 Å². The number of aromatic nitrogens is 2. The number of methoxy groups -OCH3 is 1. The minimum Gasteiger partial charge on any atom is -0.471 e. The van der Waals surface area contributed by atoms with E-state index in [0.29, 0.717) is 28.8 Å². The predicted octanol–water partition coefficient (Wildman–Crippen LogP) is 5.00. The Kier molecular flexibility index (Phi) is 9.57. The zero-order chi connectivity index (χ0) is 29.9. The summed E-state index contributed by atoms with van der Waals surface area (Å²) in [6.45, 7) is 6.27. The molecule has 42 heavy (non-hydrogen) atoms. The van der Waals surface area contributed by atoms with E-state index >= 15 is 0 Å². The number of aliphatic hydroxyl groups is 1. The third-order valence-corrected chi connectivity index (χ3v) is 9.15. The molecule has 1 aromatic carbocycles. The second kappa shape index (κ2) is 13.2. The maximum Gasteiger partial charge on any atom is 0.249 e. The third-order valence-electron chi connectivity index (χ3n) is 8.35. The quantitative estimate of drug-likeness (QED) is 0.270. The van der Waals surface area contributed by atoms with Gasteiger partial charge in [0.25, 0.3) is 0 Å². The number of nitrogens with one attached hydrogen (secondary N) is 2. The van der Waals surface area contributed by atoms with Crippen molar-refractivity contribution >= 4 is 17.2 Å². The lowest BCUT2D eigenvalue weighted by molar-refractivity contribution is -0.131. The standard InChI is InChI=1S/C32H41FN4O4S/c1-19(2)12-22-14-24-27(16-32(8-5-9-32)41-30(24)36-17-22)35-18-28(38)26(37-29(39)20(3)40-4)15-21-6-7-25(33)23(13-21)31-34-10-11-42-31/h6-7,10-11,13-14,17,19-20,26-28,35,38H,5,8-9,12,15-16,18H2,1-4H3,(H,37,39)/t20-,26+,27+,28-/m1/s1. The summed E-state index contributed by atoms with van der Waals surface area (Å²) in [5.74, 6) is 0.483. The molecule has 1 aliphatic heterocycles. The zero-order valence-corrected chi connectivity index (χ0v) is 25.5. The van der Waals surface area contributed by atoms with Gasteiger partial charge in [-0.15, -0.1) is 11.3 Å². The van der Waals surface area contributed by atoms with Crippen molar-refractivity contribution in [2.24, 2.45) is 5.92 Å². The first kappa shape index (κ1) is 30.5. The first-order valence-electron chi connectivity index (χ1n) is 14.8. The van der Waals surface area contributed by atoms with Crippen LogP contribution in [0, 0.1) is 11.7 Å². The highest BCUT2D eigenvalue weighted by atomic mass is 32.1. The van der Waals surface area contributed by atoms with Crippen molar-refractivity contribution < 1.29 is 23.8 Å². The van der Waals surface area contributed by atoms with Crippen molar-refractivity contribution in [3.05, 3.63) is 64.5 Å². The molecular weight excluding hydrogens is 555 g/mol. The van der Waals surface area contributed by atoms with Gasteiger partial charge >= 0.3 is 0 Å². The largest absolute Gasteiger partial charge is 0.471 e. The first-order valence-corrected chi connectivity index (χ1v) is 15.6. The monoisotopic (exact) mass is 596 g/mol. The smallest absolute Gasteiger partial charge is 0.249 e. The molecule has 3 heterocycles. The number of fused-ring (bicyclic) bond motifs is 1. The summed E-state index contributed by atoms with van der Waals surface area (Å²) >= 11 is 1.36. The molecule has 1 aliphatic carbocycles. The van der Waals surface area contributed by atoms with Gasteiger partial charge in [-0.25, -0.2) is 14.4 Å². The van der Waals surface area contributed by atoms with Crippen LogP contribution < -0.4 is 15.4 Å². The SMILES string of the molecule is CO[C@H](C)C(=O)N[C@@H](Cc1ccc(F)c(-c2nccs2)c1)[C@H](O)CN[C@H]1CC2(CCC2)Oc2ncc(CC(C)C)cc21. The molecule has 226 valence electrons. The van der Waals surface area contributed by atoms with Gasteiger partial charge < -0.3 is 25.2 Å². The zero-order valence-electron chi connectivity index (χ0n) is 24.7. The molecular formula is C32H41FN4O4S. The van der Waals surface area contributed by atoms with E-state index in [1.54, 1.807) is 30.6 Å². The number of thiazole rings is 1. The van der Waals surface area contributed by atoms with Gasteiger partial charge in [0, 0.05) is 55.0 Å². The average molecular weight is 597 g/mol. The Balaban J connectivity index is 1.35. The second-order valence-electron chi connectivity index (χ2n) is 12.1. The van der Waals surface area contributed by atoms with Crippen LogP contribution in [0.2, 0.25) is 0 Å². The Morgan fingerprint density at radius 3 is 2.69 bits per heavy atom. The number of aliphatic hydroxyl groups excluding tert-OH is 1. The van der Waals surface area contributed by atoms with Gasteiger partial charge in [-0.05, 0) is 74.3 Å².